The Morgan fingerprint density at radius 3 is 2.86 bits per heavy atom. The van der Waals surface area contributed by atoms with E-state index in [1.54, 1.807) is 6.07 Å². The van der Waals surface area contributed by atoms with E-state index in [1.807, 2.05) is 0 Å². The standard InChI is InChI=1S/C10H11FO2S/c1-7(13)9-6-8(11)2-3-10(9)14-5-4-12/h2-3,6,12H,4-5H2,1H3. The van der Waals surface area contributed by atoms with Crippen molar-refractivity contribution in [2.75, 3.05) is 12.4 Å². The minimum Gasteiger partial charge on any atom is -0.396 e. The Labute approximate surface area is 86.1 Å². The minimum atomic E-state index is -0.413. The molecule has 76 valence electrons. The Morgan fingerprint density at radius 2 is 2.29 bits per heavy atom. The van der Waals surface area contributed by atoms with Gasteiger partial charge in [0, 0.05) is 16.2 Å². The number of hydrogen-bond acceptors (Lipinski definition) is 3. The summed E-state index contributed by atoms with van der Waals surface area (Å²) in [7, 11) is 0. The highest BCUT2D eigenvalue weighted by atomic mass is 32.2. The molecule has 0 aromatic heterocycles. The SMILES string of the molecule is CC(=O)c1cc(F)ccc1SCCO. The number of halogens is 1. The second-order valence-electron chi connectivity index (χ2n) is 2.77. The first kappa shape index (κ1) is 11.2. The van der Waals surface area contributed by atoms with Gasteiger partial charge in [-0.15, -0.1) is 11.8 Å². The van der Waals surface area contributed by atoms with Crippen LogP contribution in [0.4, 0.5) is 4.39 Å². The van der Waals surface area contributed by atoms with Crippen LogP contribution in [0.15, 0.2) is 23.1 Å². The van der Waals surface area contributed by atoms with Crippen molar-refractivity contribution >= 4 is 17.5 Å². The van der Waals surface area contributed by atoms with E-state index in [4.69, 9.17) is 5.11 Å². The zero-order valence-corrected chi connectivity index (χ0v) is 8.60. The van der Waals surface area contributed by atoms with Gasteiger partial charge in [0.1, 0.15) is 5.82 Å². The summed E-state index contributed by atoms with van der Waals surface area (Å²) in [6.07, 6.45) is 0. The number of Topliss-reactive ketones (excluding diaryl/α,β-unsaturated/α-hetero) is 1. The molecule has 0 radical (unpaired) electrons. The molecule has 1 aromatic rings. The number of benzene rings is 1. The lowest BCUT2D eigenvalue weighted by atomic mass is 10.1. The Balaban J connectivity index is 2.96. The molecule has 0 aliphatic rings. The van der Waals surface area contributed by atoms with Gasteiger partial charge in [-0.25, -0.2) is 4.39 Å². The molecule has 0 saturated carbocycles. The predicted octanol–water partition coefficient (Wildman–Crippen LogP) is 2.11. The lowest BCUT2D eigenvalue weighted by Gasteiger charge is -2.05. The molecule has 0 amide bonds. The summed E-state index contributed by atoms with van der Waals surface area (Å²) < 4.78 is 12.8. The summed E-state index contributed by atoms with van der Waals surface area (Å²) in [5.41, 5.74) is 0.378. The summed E-state index contributed by atoms with van der Waals surface area (Å²) in [5.74, 6) is -0.0696. The van der Waals surface area contributed by atoms with Crippen LogP contribution in [0, 0.1) is 5.82 Å². The molecule has 14 heavy (non-hydrogen) atoms. The molecule has 0 bridgehead atoms. The topological polar surface area (TPSA) is 37.3 Å². The maximum Gasteiger partial charge on any atom is 0.161 e. The van der Waals surface area contributed by atoms with Gasteiger partial charge < -0.3 is 5.11 Å². The molecule has 0 spiro atoms. The fraction of sp³-hybridized carbons (Fsp3) is 0.300. The third-order valence-corrected chi connectivity index (χ3v) is 2.72. The average Bonchev–Trinajstić information content (AvgIpc) is 2.15. The number of carbonyl (C=O) groups excluding carboxylic acids is 1. The first-order valence-electron chi connectivity index (χ1n) is 4.19. The Bertz CT molecular complexity index is 339. The van der Waals surface area contributed by atoms with Gasteiger partial charge in [-0.1, -0.05) is 0 Å². The molecule has 4 heteroatoms. The van der Waals surface area contributed by atoms with Gasteiger partial charge in [-0.3, -0.25) is 4.79 Å². The molecule has 0 atom stereocenters. The number of ketones is 1. The first-order chi connectivity index (χ1) is 6.65. The molecule has 0 aliphatic heterocycles. The number of rotatable bonds is 4. The van der Waals surface area contributed by atoms with Gasteiger partial charge >= 0.3 is 0 Å². The molecule has 0 saturated heterocycles. The van der Waals surface area contributed by atoms with Crippen molar-refractivity contribution in [3.63, 3.8) is 0 Å². The molecule has 0 fully saturated rings. The number of carbonyl (C=O) groups is 1. The number of aliphatic hydroxyl groups is 1. The molecule has 1 rings (SSSR count). The van der Waals surface area contributed by atoms with Gasteiger partial charge in [0.15, 0.2) is 5.78 Å². The van der Waals surface area contributed by atoms with Crippen LogP contribution in [0.25, 0.3) is 0 Å². The van der Waals surface area contributed by atoms with Crippen molar-refractivity contribution in [1.82, 2.24) is 0 Å². The molecule has 1 N–H and O–H groups in total. The van der Waals surface area contributed by atoms with E-state index in [0.29, 0.717) is 16.2 Å². The molecule has 1 aromatic carbocycles. The summed E-state index contributed by atoms with van der Waals surface area (Å²) in [4.78, 5) is 11.9. The number of aliphatic hydroxyl groups excluding tert-OH is 1. The van der Waals surface area contributed by atoms with Crippen LogP contribution in [0.3, 0.4) is 0 Å². The quantitative estimate of drug-likeness (QED) is 0.616. The maximum absolute atomic E-state index is 12.8. The molecule has 0 aliphatic carbocycles. The highest BCUT2D eigenvalue weighted by molar-refractivity contribution is 7.99. The van der Waals surface area contributed by atoms with Crippen LogP contribution in [-0.4, -0.2) is 23.2 Å². The van der Waals surface area contributed by atoms with Crippen molar-refractivity contribution < 1.29 is 14.3 Å². The van der Waals surface area contributed by atoms with Crippen molar-refractivity contribution in [3.8, 4) is 0 Å². The summed E-state index contributed by atoms with van der Waals surface area (Å²) in [5, 5.41) is 8.63. The van der Waals surface area contributed by atoms with Gasteiger partial charge in [-0.2, -0.15) is 0 Å². The highest BCUT2D eigenvalue weighted by Gasteiger charge is 2.08. The molecular weight excluding hydrogens is 203 g/mol. The smallest absolute Gasteiger partial charge is 0.161 e. The van der Waals surface area contributed by atoms with Crippen LogP contribution < -0.4 is 0 Å². The summed E-state index contributed by atoms with van der Waals surface area (Å²) >= 11 is 1.35. The van der Waals surface area contributed by atoms with Crippen molar-refractivity contribution in [2.45, 2.75) is 11.8 Å². The zero-order chi connectivity index (χ0) is 10.6. The van der Waals surface area contributed by atoms with E-state index < -0.39 is 5.82 Å². The second kappa shape index (κ2) is 5.12. The monoisotopic (exact) mass is 214 g/mol. The Hall–Kier alpha value is -0.870. The number of hydrogen-bond donors (Lipinski definition) is 1. The van der Waals surface area contributed by atoms with E-state index in [-0.39, 0.29) is 12.4 Å². The predicted molar refractivity (Wildman–Crippen MR) is 54.2 cm³/mol. The zero-order valence-electron chi connectivity index (χ0n) is 7.79. The third-order valence-electron chi connectivity index (χ3n) is 1.67. The molecule has 0 heterocycles. The summed E-state index contributed by atoms with van der Waals surface area (Å²) in [6.45, 7) is 1.44. The fourth-order valence-electron chi connectivity index (χ4n) is 1.06. The van der Waals surface area contributed by atoms with Crippen LogP contribution in [0.5, 0.6) is 0 Å². The van der Waals surface area contributed by atoms with Gasteiger partial charge in [0.2, 0.25) is 0 Å². The van der Waals surface area contributed by atoms with Crippen molar-refractivity contribution in [1.29, 1.82) is 0 Å². The molecule has 2 nitrogen and oxygen atoms in total. The second-order valence-corrected chi connectivity index (χ2v) is 3.91. The summed E-state index contributed by atoms with van der Waals surface area (Å²) in [6, 6.07) is 4.10. The number of thioether (sulfide) groups is 1. The van der Waals surface area contributed by atoms with Gasteiger partial charge in [0.25, 0.3) is 0 Å². The Kier molecular flexibility index (Phi) is 4.10. The highest BCUT2D eigenvalue weighted by Crippen LogP contribution is 2.23. The van der Waals surface area contributed by atoms with E-state index in [1.165, 1.54) is 30.8 Å². The van der Waals surface area contributed by atoms with Gasteiger partial charge in [-0.05, 0) is 25.1 Å². The van der Waals surface area contributed by atoms with E-state index in [2.05, 4.69) is 0 Å². The van der Waals surface area contributed by atoms with E-state index in [0.717, 1.165) is 0 Å². The van der Waals surface area contributed by atoms with Gasteiger partial charge in [0.05, 0.1) is 6.61 Å². The van der Waals surface area contributed by atoms with E-state index in [9.17, 15) is 9.18 Å². The van der Waals surface area contributed by atoms with E-state index >= 15 is 0 Å². The van der Waals surface area contributed by atoms with Crippen LogP contribution in [-0.2, 0) is 0 Å². The van der Waals surface area contributed by atoms with Crippen LogP contribution in [0.2, 0.25) is 0 Å². The van der Waals surface area contributed by atoms with Crippen molar-refractivity contribution in [2.24, 2.45) is 0 Å². The fourth-order valence-corrected chi connectivity index (χ4v) is 1.89. The lowest BCUT2D eigenvalue weighted by molar-refractivity contribution is 0.101. The lowest BCUT2D eigenvalue weighted by Crippen LogP contribution is -1.97. The van der Waals surface area contributed by atoms with Crippen molar-refractivity contribution in [3.05, 3.63) is 29.6 Å². The Morgan fingerprint density at radius 1 is 1.57 bits per heavy atom. The first-order valence-corrected chi connectivity index (χ1v) is 5.18. The van der Waals surface area contributed by atoms with Crippen LogP contribution >= 0.6 is 11.8 Å². The largest absolute Gasteiger partial charge is 0.396 e. The average molecular weight is 214 g/mol. The normalized spacial score (nSPS) is 10.2. The maximum atomic E-state index is 12.8. The van der Waals surface area contributed by atoms with Crippen LogP contribution in [0.1, 0.15) is 17.3 Å². The molecule has 0 unspecified atom stereocenters. The molecular formula is C10H11FO2S. The third kappa shape index (κ3) is 2.82. The minimum absolute atomic E-state index is 0.0411.